The maximum Gasteiger partial charge on any atom is 0.0822 e. The first-order valence-electron chi connectivity index (χ1n) is 5.53. The predicted octanol–water partition coefficient (Wildman–Crippen LogP) is 2.40. The van der Waals surface area contributed by atoms with Crippen LogP contribution in [0.25, 0.3) is 0 Å². The Morgan fingerprint density at radius 3 is 2.47 bits per heavy atom. The van der Waals surface area contributed by atoms with Crippen LogP contribution in [0.3, 0.4) is 0 Å². The van der Waals surface area contributed by atoms with Gasteiger partial charge in [0.2, 0.25) is 0 Å². The average molecular weight is 232 g/mol. The van der Waals surface area contributed by atoms with E-state index in [1.807, 2.05) is 33.0 Å². The zero-order chi connectivity index (χ0) is 13.0. The summed E-state index contributed by atoms with van der Waals surface area (Å²) in [7, 11) is 3.61. The van der Waals surface area contributed by atoms with Gasteiger partial charge in [-0.3, -0.25) is 10.0 Å². The Morgan fingerprint density at radius 2 is 1.88 bits per heavy atom. The van der Waals surface area contributed by atoms with Crippen LogP contribution in [0.15, 0.2) is 22.2 Å². The van der Waals surface area contributed by atoms with Gasteiger partial charge in [-0.15, -0.1) is 0 Å². The molecule has 0 amide bonds. The van der Waals surface area contributed by atoms with Gasteiger partial charge in [-0.25, -0.2) is 0 Å². The molecule has 0 fully saturated rings. The lowest BCUT2D eigenvalue weighted by Crippen LogP contribution is -2.14. The monoisotopic (exact) mass is 232 g/mol. The maximum atomic E-state index is 6.00. The number of aryl methyl sites for hydroxylation is 2. The van der Waals surface area contributed by atoms with E-state index in [9.17, 15) is 0 Å². The Kier molecular flexibility index (Phi) is 4.26. The van der Waals surface area contributed by atoms with E-state index >= 15 is 0 Å². The van der Waals surface area contributed by atoms with Crippen LogP contribution in [-0.2, 0) is 0 Å². The summed E-state index contributed by atoms with van der Waals surface area (Å²) in [6, 6.07) is 4.02. The summed E-state index contributed by atoms with van der Waals surface area (Å²) in [5.41, 5.74) is 10.9. The lowest BCUT2D eigenvalue weighted by atomic mass is 10.1. The molecule has 2 N–H and O–H groups in total. The number of nitrogens with two attached hydrogens (primary N) is 1. The number of hydrogen-bond donors (Lipinski definition) is 1. The molecule has 0 atom stereocenters. The fourth-order valence-corrected chi connectivity index (χ4v) is 1.61. The van der Waals surface area contributed by atoms with E-state index in [-0.39, 0.29) is 0 Å². The van der Waals surface area contributed by atoms with Crippen LogP contribution in [-0.4, -0.2) is 26.0 Å². The molecule has 0 aliphatic rings. The molecule has 0 spiro atoms. The first-order valence-corrected chi connectivity index (χ1v) is 5.53. The van der Waals surface area contributed by atoms with Crippen molar-refractivity contribution in [2.45, 2.75) is 20.8 Å². The summed E-state index contributed by atoms with van der Waals surface area (Å²) < 4.78 is 0. The Balaban J connectivity index is 3.08. The Bertz CT molecular complexity index is 461. The molecule has 0 saturated heterocycles. The molecular formula is C13H20N4. The van der Waals surface area contributed by atoms with E-state index in [0.29, 0.717) is 0 Å². The third-order valence-electron chi connectivity index (χ3n) is 2.62. The minimum Gasteiger partial charge on any atom is -0.397 e. The number of anilines is 2. The summed E-state index contributed by atoms with van der Waals surface area (Å²) in [5.74, 6) is 0. The molecule has 1 aromatic carbocycles. The molecule has 0 aliphatic heterocycles. The van der Waals surface area contributed by atoms with Gasteiger partial charge in [0.25, 0.3) is 0 Å². The summed E-state index contributed by atoms with van der Waals surface area (Å²) in [6.45, 7) is 6.02. The predicted molar refractivity (Wildman–Crippen MR) is 76.3 cm³/mol. The summed E-state index contributed by atoms with van der Waals surface area (Å²) in [5, 5.41) is 6.17. The Morgan fingerprint density at radius 1 is 1.29 bits per heavy atom. The lowest BCUT2D eigenvalue weighted by molar-refractivity contribution is 1.02. The standard InChI is InChI=1S/C13H20N4/c1-9-6-12(14)13(7-10(9)2)17(5)16-11(3)8-15-4/h6-8H,14H2,1-5H3/b15-8?,16-11-. The van der Waals surface area contributed by atoms with Gasteiger partial charge in [0.1, 0.15) is 0 Å². The number of aliphatic imine (C=N–C) groups is 1. The normalized spacial score (nSPS) is 12.2. The number of benzene rings is 1. The van der Waals surface area contributed by atoms with E-state index in [1.165, 1.54) is 11.1 Å². The molecule has 92 valence electrons. The lowest BCUT2D eigenvalue weighted by Gasteiger charge is -2.17. The molecule has 0 unspecified atom stereocenters. The van der Waals surface area contributed by atoms with Crippen LogP contribution < -0.4 is 10.7 Å². The molecule has 1 rings (SSSR count). The van der Waals surface area contributed by atoms with E-state index in [4.69, 9.17) is 5.73 Å². The summed E-state index contributed by atoms with van der Waals surface area (Å²) in [6.07, 6.45) is 1.72. The van der Waals surface area contributed by atoms with E-state index in [1.54, 1.807) is 18.3 Å². The zero-order valence-electron chi connectivity index (χ0n) is 11.2. The molecule has 4 nitrogen and oxygen atoms in total. The Labute approximate surface area is 103 Å². The molecule has 0 bridgehead atoms. The van der Waals surface area contributed by atoms with Gasteiger partial charge >= 0.3 is 0 Å². The van der Waals surface area contributed by atoms with Crippen molar-refractivity contribution in [1.82, 2.24) is 0 Å². The second-order valence-electron chi connectivity index (χ2n) is 4.15. The minimum atomic E-state index is 0.737. The number of nitrogen functional groups attached to an aromatic ring is 1. The van der Waals surface area contributed by atoms with Gasteiger partial charge in [0, 0.05) is 20.3 Å². The molecule has 0 heterocycles. The quantitative estimate of drug-likeness (QED) is 0.494. The Hall–Kier alpha value is -1.84. The highest BCUT2D eigenvalue weighted by Gasteiger charge is 2.06. The molecule has 4 heteroatoms. The topological polar surface area (TPSA) is 54.0 Å². The van der Waals surface area contributed by atoms with Crippen molar-refractivity contribution in [3.63, 3.8) is 0 Å². The third-order valence-corrected chi connectivity index (χ3v) is 2.62. The van der Waals surface area contributed by atoms with E-state index < -0.39 is 0 Å². The first kappa shape index (κ1) is 13.2. The molecule has 0 aliphatic carbocycles. The minimum absolute atomic E-state index is 0.737. The van der Waals surface area contributed by atoms with Crippen molar-refractivity contribution in [2.75, 3.05) is 24.8 Å². The highest BCUT2D eigenvalue weighted by Crippen LogP contribution is 2.26. The first-order chi connectivity index (χ1) is 7.95. The van der Waals surface area contributed by atoms with Crippen LogP contribution in [0.4, 0.5) is 11.4 Å². The van der Waals surface area contributed by atoms with Gasteiger partial charge < -0.3 is 5.73 Å². The molecule has 0 radical (unpaired) electrons. The largest absolute Gasteiger partial charge is 0.397 e. The number of hydrazone groups is 1. The van der Waals surface area contributed by atoms with Gasteiger partial charge in [-0.05, 0) is 44.0 Å². The van der Waals surface area contributed by atoms with Gasteiger partial charge in [-0.2, -0.15) is 5.10 Å². The van der Waals surface area contributed by atoms with Crippen molar-refractivity contribution in [1.29, 1.82) is 0 Å². The summed E-state index contributed by atoms with van der Waals surface area (Å²) >= 11 is 0. The molecule has 17 heavy (non-hydrogen) atoms. The van der Waals surface area contributed by atoms with Crippen molar-refractivity contribution in [3.8, 4) is 0 Å². The van der Waals surface area contributed by atoms with Crippen LogP contribution in [0.1, 0.15) is 18.1 Å². The van der Waals surface area contributed by atoms with E-state index in [0.717, 1.165) is 17.1 Å². The van der Waals surface area contributed by atoms with Gasteiger partial charge in [0.15, 0.2) is 0 Å². The second-order valence-corrected chi connectivity index (χ2v) is 4.15. The fourth-order valence-electron chi connectivity index (χ4n) is 1.61. The van der Waals surface area contributed by atoms with E-state index in [2.05, 4.69) is 17.0 Å². The third kappa shape index (κ3) is 3.31. The van der Waals surface area contributed by atoms with Gasteiger partial charge in [-0.1, -0.05) is 0 Å². The SMILES string of the molecule is CN=C/C(C)=N\N(C)c1cc(C)c(C)cc1N. The van der Waals surface area contributed by atoms with Crippen molar-refractivity contribution < 1.29 is 0 Å². The highest BCUT2D eigenvalue weighted by atomic mass is 15.4. The average Bonchev–Trinajstić information content (AvgIpc) is 2.23. The fraction of sp³-hybridized carbons (Fsp3) is 0.385. The number of rotatable bonds is 3. The van der Waals surface area contributed by atoms with Crippen molar-refractivity contribution >= 4 is 23.3 Å². The molecule has 0 saturated carbocycles. The van der Waals surface area contributed by atoms with Crippen molar-refractivity contribution in [2.24, 2.45) is 10.1 Å². The molecular weight excluding hydrogens is 212 g/mol. The van der Waals surface area contributed by atoms with Crippen molar-refractivity contribution in [3.05, 3.63) is 23.3 Å². The van der Waals surface area contributed by atoms with Crippen LogP contribution in [0.2, 0.25) is 0 Å². The molecule has 0 aromatic heterocycles. The number of nitrogens with zero attached hydrogens (tertiary/aromatic N) is 3. The maximum absolute atomic E-state index is 6.00. The summed E-state index contributed by atoms with van der Waals surface area (Å²) in [4.78, 5) is 3.92. The van der Waals surface area contributed by atoms with Gasteiger partial charge in [0.05, 0.1) is 17.1 Å². The highest BCUT2D eigenvalue weighted by molar-refractivity contribution is 6.29. The van der Waals surface area contributed by atoms with Crippen LogP contribution in [0.5, 0.6) is 0 Å². The van der Waals surface area contributed by atoms with Crippen LogP contribution >= 0.6 is 0 Å². The van der Waals surface area contributed by atoms with Crippen LogP contribution in [0, 0.1) is 13.8 Å². The zero-order valence-corrected chi connectivity index (χ0v) is 11.2. The second kappa shape index (κ2) is 5.48. The number of hydrogen-bond acceptors (Lipinski definition) is 4. The molecule has 1 aromatic rings. The smallest absolute Gasteiger partial charge is 0.0822 e.